The summed E-state index contributed by atoms with van der Waals surface area (Å²) in [6.45, 7) is 6.75. The quantitative estimate of drug-likeness (QED) is 0.731. The highest BCUT2D eigenvalue weighted by Gasteiger charge is 2.30. The molecule has 2 amide bonds. The van der Waals surface area contributed by atoms with E-state index < -0.39 is 17.6 Å². The highest BCUT2D eigenvalue weighted by Crippen LogP contribution is 2.22. The molecule has 1 aromatic rings. The fourth-order valence-electron chi connectivity index (χ4n) is 2.01. The van der Waals surface area contributed by atoms with E-state index in [9.17, 15) is 9.59 Å². The van der Waals surface area contributed by atoms with Gasteiger partial charge < -0.3 is 15.4 Å². The summed E-state index contributed by atoms with van der Waals surface area (Å²) < 4.78 is 7.63. The Morgan fingerprint density at radius 2 is 2.00 bits per heavy atom. The number of aromatic nitrogens is 2. The second kappa shape index (κ2) is 5.23. The molecule has 0 saturated carbocycles. The molecule has 2 rings (SSSR count). The fraction of sp³-hybridized carbons (Fsp3) is 0.583. The molecule has 0 radical (unpaired) electrons. The molecular formula is C12H17IN4O3. The fourth-order valence-corrected chi connectivity index (χ4v) is 2.85. The number of amides is 2. The van der Waals surface area contributed by atoms with E-state index in [1.807, 2.05) is 43.4 Å². The van der Waals surface area contributed by atoms with Crippen molar-refractivity contribution in [3.05, 3.63) is 15.0 Å². The Morgan fingerprint density at radius 1 is 1.35 bits per heavy atom. The molecule has 0 spiro atoms. The minimum absolute atomic E-state index is 0.281. The summed E-state index contributed by atoms with van der Waals surface area (Å²) in [6.07, 6.45) is -0.393. The van der Waals surface area contributed by atoms with Crippen LogP contribution >= 0.6 is 22.6 Å². The van der Waals surface area contributed by atoms with Crippen LogP contribution in [0, 0.1) is 3.70 Å². The average Bonchev–Trinajstić information content (AvgIpc) is 2.61. The van der Waals surface area contributed by atoms with E-state index in [4.69, 9.17) is 10.5 Å². The lowest BCUT2D eigenvalue weighted by molar-refractivity contribution is 0.0193. The summed E-state index contributed by atoms with van der Waals surface area (Å²) >= 11 is 1.98. The number of nitrogens with zero attached hydrogens (tertiary/aromatic N) is 3. The lowest BCUT2D eigenvalue weighted by Crippen LogP contribution is -2.42. The van der Waals surface area contributed by atoms with Gasteiger partial charge in [0.1, 0.15) is 9.30 Å². The largest absolute Gasteiger partial charge is 0.444 e. The SMILES string of the molecule is CC(C)(C)OC(=O)N1CCn2nc(I)c(C(N)=O)c2C1. The van der Waals surface area contributed by atoms with Crippen LogP contribution < -0.4 is 5.73 Å². The molecule has 1 aliphatic rings. The zero-order chi connectivity index (χ0) is 15.1. The van der Waals surface area contributed by atoms with Gasteiger partial charge in [0.25, 0.3) is 5.91 Å². The first kappa shape index (κ1) is 15.1. The van der Waals surface area contributed by atoms with Crippen molar-refractivity contribution in [2.24, 2.45) is 5.73 Å². The van der Waals surface area contributed by atoms with Gasteiger partial charge in [0, 0.05) is 6.54 Å². The minimum atomic E-state index is -0.546. The van der Waals surface area contributed by atoms with Crippen molar-refractivity contribution in [1.82, 2.24) is 14.7 Å². The number of hydrogen-bond donors (Lipinski definition) is 1. The van der Waals surface area contributed by atoms with Gasteiger partial charge in [-0.25, -0.2) is 4.79 Å². The highest BCUT2D eigenvalue weighted by molar-refractivity contribution is 14.1. The van der Waals surface area contributed by atoms with Crippen LogP contribution in [-0.4, -0.2) is 38.8 Å². The average molecular weight is 392 g/mol. The van der Waals surface area contributed by atoms with Gasteiger partial charge in [0.2, 0.25) is 0 Å². The van der Waals surface area contributed by atoms with Crippen LogP contribution in [0.15, 0.2) is 0 Å². The van der Waals surface area contributed by atoms with Gasteiger partial charge >= 0.3 is 6.09 Å². The molecule has 8 heteroatoms. The van der Waals surface area contributed by atoms with E-state index in [0.29, 0.717) is 28.0 Å². The van der Waals surface area contributed by atoms with Gasteiger partial charge in [-0.1, -0.05) is 0 Å². The lowest BCUT2D eigenvalue weighted by atomic mass is 10.2. The third-order valence-electron chi connectivity index (χ3n) is 2.84. The van der Waals surface area contributed by atoms with Gasteiger partial charge in [-0.2, -0.15) is 5.10 Å². The number of ether oxygens (including phenoxy) is 1. The molecule has 0 aliphatic carbocycles. The summed E-state index contributed by atoms with van der Waals surface area (Å²) in [5.74, 6) is -0.526. The molecule has 7 nitrogen and oxygen atoms in total. The molecule has 1 aliphatic heterocycles. The van der Waals surface area contributed by atoms with Crippen LogP contribution in [-0.2, 0) is 17.8 Å². The van der Waals surface area contributed by atoms with Crippen LogP contribution in [0.4, 0.5) is 4.79 Å². The van der Waals surface area contributed by atoms with Crippen molar-refractivity contribution in [3.63, 3.8) is 0 Å². The number of carbonyl (C=O) groups is 2. The van der Waals surface area contributed by atoms with Gasteiger partial charge in [-0.3, -0.25) is 9.48 Å². The predicted molar refractivity (Wildman–Crippen MR) is 80.1 cm³/mol. The van der Waals surface area contributed by atoms with Crippen molar-refractivity contribution in [2.45, 2.75) is 39.5 Å². The first-order valence-corrected chi connectivity index (χ1v) is 7.30. The molecule has 110 valence electrons. The van der Waals surface area contributed by atoms with E-state index in [-0.39, 0.29) is 6.54 Å². The van der Waals surface area contributed by atoms with E-state index in [2.05, 4.69) is 5.10 Å². The first-order valence-electron chi connectivity index (χ1n) is 6.22. The minimum Gasteiger partial charge on any atom is -0.444 e. The summed E-state index contributed by atoms with van der Waals surface area (Å²) in [7, 11) is 0. The van der Waals surface area contributed by atoms with E-state index in [1.54, 1.807) is 9.58 Å². The lowest BCUT2D eigenvalue weighted by Gasteiger charge is -2.30. The molecule has 0 bridgehead atoms. The second-order valence-corrected chi connectivity index (χ2v) is 6.62. The summed E-state index contributed by atoms with van der Waals surface area (Å²) in [6, 6.07) is 0. The zero-order valence-electron chi connectivity index (χ0n) is 11.6. The third kappa shape index (κ3) is 3.05. The number of carbonyl (C=O) groups excluding carboxylic acids is 2. The van der Waals surface area contributed by atoms with Gasteiger partial charge in [-0.05, 0) is 43.4 Å². The van der Waals surface area contributed by atoms with Crippen molar-refractivity contribution >= 4 is 34.6 Å². The van der Waals surface area contributed by atoms with Crippen LogP contribution in [0.5, 0.6) is 0 Å². The second-order valence-electron chi connectivity index (χ2n) is 5.60. The number of rotatable bonds is 1. The Hall–Kier alpha value is -1.32. The van der Waals surface area contributed by atoms with Gasteiger partial charge in [0.15, 0.2) is 0 Å². The molecule has 0 atom stereocenters. The standard InChI is InChI=1S/C12H17IN4O3/c1-12(2,3)20-11(19)16-4-5-17-7(6-16)8(10(14)18)9(13)15-17/h4-6H2,1-3H3,(H2,14,18). The number of primary amides is 1. The molecule has 0 aromatic carbocycles. The Bertz CT molecular complexity index is 562. The molecule has 2 heterocycles. The van der Waals surface area contributed by atoms with Crippen LogP contribution in [0.1, 0.15) is 36.8 Å². The van der Waals surface area contributed by atoms with E-state index >= 15 is 0 Å². The monoisotopic (exact) mass is 392 g/mol. The molecule has 0 saturated heterocycles. The third-order valence-corrected chi connectivity index (χ3v) is 3.59. The maximum atomic E-state index is 12.1. The Balaban J connectivity index is 2.22. The van der Waals surface area contributed by atoms with Crippen molar-refractivity contribution in [3.8, 4) is 0 Å². The number of fused-ring (bicyclic) bond motifs is 1. The molecule has 0 fully saturated rings. The Morgan fingerprint density at radius 3 is 2.55 bits per heavy atom. The van der Waals surface area contributed by atoms with Crippen molar-refractivity contribution < 1.29 is 14.3 Å². The summed E-state index contributed by atoms with van der Waals surface area (Å²) in [5, 5.41) is 4.26. The molecule has 2 N–H and O–H groups in total. The van der Waals surface area contributed by atoms with Crippen LogP contribution in [0.3, 0.4) is 0 Å². The van der Waals surface area contributed by atoms with E-state index in [1.165, 1.54) is 0 Å². The van der Waals surface area contributed by atoms with Crippen molar-refractivity contribution in [2.75, 3.05) is 6.54 Å². The predicted octanol–water partition coefficient (Wildman–Crippen LogP) is 1.34. The number of nitrogens with two attached hydrogens (primary N) is 1. The number of hydrogen-bond acceptors (Lipinski definition) is 4. The molecule has 20 heavy (non-hydrogen) atoms. The molecule has 1 aromatic heterocycles. The highest BCUT2D eigenvalue weighted by atomic mass is 127. The van der Waals surface area contributed by atoms with Crippen molar-refractivity contribution in [1.29, 1.82) is 0 Å². The normalized spacial score (nSPS) is 14.9. The summed E-state index contributed by atoms with van der Waals surface area (Å²) in [5.41, 5.74) is 5.88. The van der Waals surface area contributed by atoms with Crippen LogP contribution in [0.2, 0.25) is 0 Å². The van der Waals surface area contributed by atoms with E-state index in [0.717, 1.165) is 0 Å². The maximum absolute atomic E-state index is 12.1. The number of halogens is 1. The van der Waals surface area contributed by atoms with Gasteiger partial charge in [0.05, 0.1) is 24.3 Å². The molecular weight excluding hydrogens is 375 g/mol. The maximum Gasteiger partial charge on any atom is 0.410 e. The Kier molecular flexibility index (Phi) is 3.94. The van der Waals surface area contributed by atoms with Gasteiger partial charge in [-0.15, -0.1) is 0 Å². The summed E-state index contributed by atoms with van der Waals surface area (Å²) in [4.78, 5) is 25.1. The first-order chi connectivity index (χ1) is 9.19. The smallest absolute Gasteiger partial charge is 0.410 e. The topological polar surface area (TPSA) is 90.4 Å². The molecule has 0 unspecified atom stereocenters. The zero-order valence-corrected chi connectivity index (χ0v) is 13.8. The van der Waals surface area contributed by atoms with Crippen LogP contribution in [0.25, 0.3) is 0 Å². The Labute approximate surface area is 130 Å².